The van der Waals surface area contributed by atoms with Crippen molar-refractivity contribution in [3.63, 3.8) is 0 Å². The van der Waals surface area contributed by atoms with E-state index in [1.165, 1.54) is 37.8 Å². The van der Waals surface area contributed by atoms with Crippen LogP contribution < -0.4 is 4.72 Å². The van der Waals surface area contributed by atoms with E-state index in [1.807, 2.05) is 6.92 Å². The van der Waals surface area contributed by atoms with Crippen LogP contribution in [0.3, 0.4) is 0 Å². The van der Waals surface area contributed by atoms with Crippen molar-refractivity contribution in [1.29, 1.82) is 0 Å². The van der Waals surface area contributed by atoms with Gasteiger partial charge >= 0.3 is 5.97 Å². The standard InChI is InChI=1S/C17H26N2O4S/c1-13-6-4-5-11-19(13)14(2)12-18-24(21,22)16-9-7-15(8-10-16)17(20)23-3/h7-10,13-14,18H,4-6,11-12H2,1-3H3/t13-,14-/m0/s1. The molecular weight excluding hydrogens is 328 g/mol. The number of hydrogen-bond acceptors (Lipinski definition) is 5. The summed E-state index contributed by atoms with van der Waals surface area (Å²) in [6.45, 7) is 5.61. The molecule has 24 heavy (non-hydrogen) atoms. The molecular formula is C17H26N2O4S. The van der Waals surface area contributed by atoms with Crippen LogP contribution >= 0.6 is 0 Å². The van der Waals surface area contributed by atoms with Crippen LogP contribution in [0.25, 0.3) is 0 Å². The highest BCUT2D eigenvalue weighted by Crippen LogP contribution is 2.19. The second-order valence-corrected chi connectivity index (χ2v) is 8.07. The van der Waals surface area contributed by atoms with Gasteiger partial charge in [-0.2, -0.15) is 0 Å². The van der Waals surface area contributed by atoms with E-state index in [4.69, 9.17) is 0 Å². The number of likely N-dealkylation sites (tertiary alicyclic amines) is 1. The maximum absolute atomic E-state index is 12.4. The van der Waals surface area contributed by atoms with Crippen LogP contribution in [0.5, 0.6) is 0 Å². The van der Waals surface area contributed by atoms with Gasteiger partial charge < -0.3 is 4.74 Å². The number of nitrogens with one attached hydrogen (secondary N) is 1. The van der Waals surface area contributed by atoms with E-state index in [2.05, 4.69) is 21.3 Å². The molecule has 0 spiro atoms. The molecule has 1 aliphatic heterocycles. The van der Waals surface area contributed by atoms with Gasteiger partial charge in [0.1, 0.15) is 0 Å². The molecule has 0 radical (unpaired) electrons. The first-order valence-electron chi connectivity index (χ1n) is 8.29. The van der Waals surface area contributed by atoms with E-state index < -0.39 is 16.0 Å². The van der Waals surface area contributed by atoms with Crippen molar-refractivity contribution in [2.75, 3.05) is 20.2 Å². The quantitative estimate of drug-likeness (QED) is 0.791. The topological polar surface area (TPSA) is 75.7 Å². The number of rotatable bonds is 6. The van der Waals surface area contributed by atoms with Gasteiger partial charge in [0.15, 0.2) is 0 Å². The average molecular weight is 354 g/mol. The molecule has 2 rings (SSSR count). The lowest BCUT2D eigenvalue weighted by atomic mass is 10.0. The fourth-order valence-electron chi connectivity index (χ4n) is 3.09. The number of methoxy groups -OCH3 is 1. The molecule has 0 aromatic heterocycles. The molecule has 1 heterocycles. The summed E-state index contributed by atoms with van der Waals surface area (Å²) >= 11 is 0. The second kappa shape index (κ2) is 8.09. The zero-order chi connectivity index (χ0) is 17.7. The highest BCUT2D eigenvalue weighted by atomic mass is 32.2. The summed E-state index contributed by atoms with van der Waals surface area (Å²) in [6.07, 6.45) is 3.56. The first-order valence-corrected chi connectivity index (χ1v) is 9.77. The van der Waals surface area contributed by atoms with E-state index in [-0.39, 0.29) is 10.9 Å². The van der Waals surface area contributed by atoms with Gasteiger partial charge in [0.05, 0.1) is 17.6 Å². The summed E-state index contributed by atoms with van der Waals surface area (Å²) < 4.78 is 32.1. The predicted octanol–water partition coefficient (Wildman–Crippen LogP) is 2.01. The Labute approximate surface area is 144 Å². The number of carbonyl (C=O) groups is 1. The SMILES string of the molecule is COC(=O)c1ccc(S(=O)(=O)NC[C@H](C)N2CCCC[C@@H]2C)cc1. The van der Waals surface area contributed by atoms with Crippen LogP contribution in [0.15, 0.2) is 29.2 Å². The number of benzene rings is 1. The maximum Gasteiger partial charge on any atom is 0.337 e. The molecule has 1 aromatic carbocycles. The third-order valence-corrected chi connectivity index (χ3v) is 6.01. The summed E-state index contributed by atoms with van der Waals surface area (Å²) in [4.78, 5) is 13.9. The van der Waals surface area contributed by atoms with Crippen LogP contribution in [-0.2, 0) is 14.8 Å². The van der Waals surface area contributed by atoms with Crippen molar-refractivity contribution >= 4 is 16.0 Å². The molecule has 0 saturated carbocycles. The summed E-state index contributed by atoms with van der Waals surface area (Å²) in [5.74, 6) is -0.486. The molecule has 1 saturated heterocycles. The number of piperidine rings is 1. The van der Waals surface area contributed by atoms with Gasteiger partial charge in [-0.15, -0.1) is 0 Å². The molecule has 0 amide bonds. The molecule has 1 aromatic rings. The fraction of sp³-hybridized carbons (Fsp3) is 0.588. The Morgan fingerprint density at radius 1 is 1.33 bits per heavy atom. The smallest absolute Gasteiger partial charge is 0.337 e. The number of ether oxygens (including phenoxy) is 1. The predicted molar refractivity (Wildman–Crippen MR) is 92.5 cm³/mol. The monoisotopic (exact) mass is 354 g/mol. The Balaban J connectivity index is 1.99. The van der Waals surface area contributed by atoms with Gasteiger partial charge in [0.2, 0.25) is 10.0 Å². The first kappa shape index (κ1) is 18.9. The highest BCUT2D eigenvalue weighted by molar-refractivity contribution is 7.89. The molecule has 6 nitrogen and oxygen atoms in total. The molecule has 0 unspecified atom stereocenters. The second-order valence-electron chi connectivity index (χ2n) is 6.30. The van der Waals surface area contributed by atoms with E-state index in [0.717, 1.165) is 19.4 Å². The number of esters is 1. The molecule has 1 aliphatic rings. The minimum atomic E-state index is -3.59. The minimum absolute atomic E-state index is 0.143. The van der Waals surface area contributed by atoms with Gasteiger partial charge in [0.25, 0.3) is 0 Å². The zero-order valence-corrected chi connectivity index (χ0v) is 15.3. The molecule has 2 atom stereocenters. The summed E-state index contributed by atoms with van der Waals surface area (Å²) in [5.41, 5.74) is 0.326. The number of carbonyl (C=O) groups excluding carboxylic acids is 1. The van der Waals surface area contributed by atoms with E-state index in [0.29, 0.717) is 18.2 Å². The lowest BCUT2D eigenvalue weighted by molar-refractivity contribution is 0.0600. The summed E-state index contributed by atoms with van der Waals surface area (Å²) in [7, 11) is -2.30. The third-order valence-electron chi connectivity index (χ3n) is 4.57. The van der Waals surface area contributed by atoms with Crippen molar-refractivity contribution in [3.8, 4) is 0 Å². The van der Waals surface area contributed by atoms with E-state index in [1.54, 1.807) is 0 Å². The molecule has 0 aliphatic carbocycles. The Bertz CT molecular complexity index is 658. The van der Waals surface area contributed by atoms with Gasteiger partial charge in [0, 0.05) is 18.6 Å². The molecule has 0 bridgehead atoms. The van der Waals surface area contributed by atoms with E-state index in [9.17, 15) is 13.2 Å². The summed E-state index contributed by atoms with van der Waals surface area (Å²) in [5, 5.41) is 0. The van der Waals surface area contributed by atoms with Gasteiger partial charge in [-0.3, -0.25) is 4.90 Å². The molecule has 7 heteroatoms. The largest absolute Gasteiger partial charge is 0.465 e. The van der Waals surface area contributed by atoms with Crippen molar-refractivity contribution in [2.24, 2.45) is 0 Å². The van der Waals surface area contributed by atoms with Crippen LogP contribution in [0, 0.1) is 0 Å². The van der Waals surface area contributed by atoms with Crippen molar-refractivity contribution in [1.82, 2.24) is 9.62 Å². The lowest BCUT2D eigenvalue weighted by Crippen LogP contribution is -2.48. The van der Waals surface area contributed by atoms with Crippen molar-refractivity contribution < 1.29 is 17.9 Å². The lowest BCUT2D eigenvalue weighted by Gasteiger charge is -2.38. The number of sulfonamides is 1. The van der Waals surface area contributed by atoms with Crippen LogP contribution in [-0.4, -0.2) is 51.6 Å². The first-order chi connectivity index (χ1) is 11.3. The van der Waals surface area contributed by atoms with Crippen LogP contribution in [0.1, 0.15) is 43.5 Å². The van der Waals surface area contributed by atoms with Crippen LogP contribution in [0.2, 0.25) is 0 Å². The van der Waals surface area contributed by atoms with Crippen molar-refractivity contribution in [3.05, 3.63) is 29.8 Å². The highest BCUT2D eigenvalue weighted by Gasteiger charge is 2.24. The van der Waals surface area contributed by atoms with Gasteiger partial charge in [-0.1, -0.05) is 6.42 Å². The van der Waals surface area contributed by atoms with Gasteiger partial charge in [-0.05, 0) is 57.5 Å². The Morgan fingerprint density at radius 2 is 2.00 bits per heavy atom. The Hall–Kier alpha value is -1.44. The Morgan fingerprint density at radius 3 is 2.58 bits per heavy atom. The number of nitrogens with zero attached hydrogens (tertiary/aromatic N) is 1. The zero-order valence-electron chi connectivity index (χ0n) is 14.5. The normalized spacial score (nSPS) is 20.5. The molecule has 1 fully saturated rings. The minimum Gasteiger partial charge on any atom is -0.465 e. The molecule has 1 N–H and O–H groups in total. The maximum atomic E-state index is 12.4. The average Bonchev–Trinajstić information content (AvgIpc) is 2.59. The summed E-state index contributed by atoms with van der Waals surface area (Å²) in [6, 6.07) is 6.38. The Kier molecular flexibility index (Phi) is 6.37. The third kappa shape index (κ3) is 4.55. The van der Waals surface area contributed by atoms with Gasteiger partial charge in [-0.25, -0.2) is 17.9 Å². The number of hydrogen-bond donors (Lipinski definition) is 1. The van der Waals surface area contributed by atoms with E-state index >= 15 is 0 Å². The fourth-order valence-corrected chi connectivity index (χ4v) is 4.22. The van der Waals surface area contributed by atoms with Crippen molar-refractivity contribution in [2.45, 2.75) is 50.1 Å². The molecule has 134 valence electrons. The van der Waals surface area contributed by atoms with Crippen LogP contribution in [0.4, 0.5) is 0 Å².